The van der Waals surface area contributed by atoms with E-state index in [-0.39, 0.29) is 11.8 Å². The molecule has 108 valence electrons. The maximum absolute atomic E-state index is 12.4. The first-order valence-electron chi connectivity index (χ1n) is 7.84. The number of para-hydroxylation sites is 1. The first-order chi connectivity index (χ1) is 9.83. The van der Waals surface area contributed by atoms with Crippen molar-refractivity contribution in [3.05, 3.63) is 29.8 Å². The van der Waals surface area contributed by atoms with E-state index in [1.165, 1.54) is 25.7 Å². The van der Waals surface area contributed by atoms with Gasteiger partial charge in [0.05, 0.1) is 5.92 Å². The third-order valence-corrected chi connectivity index (χ3v) is 4.45. The average molecular weight is 273 g/mol. The van der Waals surface area contributed by atoms with Crippen LogP contribution in [0, 0.1) is 5.92 Å². The number of benzene rings is 1. The summed E-state index contributed by atoms with van der Waals surface area (Å²) in [4.78, 5) is 12.4. The van der Waals surface area contributed by atoms with Crippen molar-refractivity contribution in [2.45, 2.75) is 51.0 Å². The molecule has 1 aromatic rings. The Bertz CT molecular complexity index is 464. The minimum Gasteiger partial charge on any atom is -0.492 e. The van der Waals surface area contributed by atoms with E-state index in [4.69, 9.17) is 4.74 Å². The van der Waals surface area contributed by atoms with Crippen molar-refractivity contribution in [1.82, 2.24) is 5.32 Å². The molecule has 0 saturated heterocycles. The maximum atomic E-state index is 12.4. The molecule has 1 amide bonds. The van der Waals surface area contributed by atoms with Gasteiger partial charge in [0, 0.05) is 6.04 Å². The minimum absolute atomic E-state index is 0.0341. The summed E-state index contributed by atoms with van der Waals surface area (Å²) in [6.07, 6.45) is 8.18. The third kappa shape index (κ3) is 3.14. The van der Waals surface area contributed by atoms with Gasteiger partial charge in [-0.15, -0.1) is 0 Å². The van der Waals surface area contributed by atoms with Gasteiger partial charge in [0.25, 0.3) is 0 Å². The molecule has 1 aromatic carbocycles. The van der Waals surface area contributed by atoms with Crippen LogP contribution in [0.15, 0.2) is 24.3 Å². The van der Waals surface area contributed by atoms with E-state index in [1.807, 2.05) is 18.2 Å². The molecule has 1 atom stereocenters. The van der Waals surface area contributed by atoms with Crippen LogP contribution in [-0.2, 0) is 11.2 Å². The molecule has 3 heteroatoms. The SMILES string of the molecule is O=C(NC1CCCCCC1)C1COc2ccccc2C1. The van der Waals surface area contributed by atoms with Crippen molar-refractivity contribution in [1.29, 1.82) is 0 Å². The molecular formula is C17H23NO2. The largest absolute Gasteiger partial charge is 0.492 e. The molecule has 0 aromatic heterocycles. The zero-order chi connectivity index (χ0) is 13.8. The second-order valence-electron chi connectivity index (χ2n) is 6.02. The molecule has 1 heterocycles. The highest BCUT2D eigenvalue weighted by atomic mass is 16.5. The van der Waals surface area contributed by atoms with Gasteiger partial charge in [0.15, 0.2) is 0 Å². The number of amides is 1. The number of hydrogen-bond donors (Lipinski definition) is 1. The van der Waals surface area contributed by atoms with Crippen molar-refractivity contribution >= 4 is 5.91 Å². The highest BCUT2D eigenvalue weighted by molar-refractivity contribution is 5.79. The Kier molecular flexibility index (Phi) is 4.24. The summed E-state index contributed by atoms with van der Waals surface area (Å²) in [5, 5.41) is 3.24. The van der Waals surface area contributed by atoms with Crippen LogP contribution in [-0.4, -0.2) is 18.6 Å². The third-order valence-electron chi connectivity index (χ3n) is 4.45. The fraction of sp³-hybridized carbons (Fsp3) is 0.588. The smallest absolute Gasteiger partial charge is 0.227 e. The van der Waals surface area contributed by atoms with Gasteiger partial charge in [-0.2, -0.15) is 0 Å². The van der Waals surface area contributed by atoms with Gasteiger partial charge < -0.3 is 10.1 Å². The molecule has 1 fully saturated rings. The zero-order valence-corrected chi connectivity index (χ0v) is 11.9. The van der Waals surface area contributed by atoms with E-state index in [1.54, 1.807) is 0 Å². The van der Waals surface area contributed by atoms with E-state index in [2.05, 4.69) is 11.4 Å². The van der Waals surface area contributed by atoms with Gasteiger partial charge in [-0.05, 0) is 30.9 Å². The predicted molar refractivity (Wildman–Crippen MR) is 78.8 cm³/mol. The van der Waals surface area contributed by atoms with Crippen LogP contribution in [0.3, 0.4) is 0 Å². The molecule has 20 heavy (non-hydrogen) atoms. The van der Waals surface area contributed by atoms with Gasteiger partial charge in [-0.1, -0.05) is 43.9 Å². The normalized spacial score (nSPS) is 23.3. The fourth-order valence-electron chi connectivity index (χ4n) is 3.24. The van der Waals surface area contributed by atoms with Crippen LogP contribution in [0.4, 0.5) is 0 Å². The van der Waals surface area contributed by atoms with Crippen LogP contribution in [0.2, 0.25) is 0 Å². The Labute approximate surface area is 120 Å². The highest BCUT2D eigenvalue weighted by Crippen LogP contribution is 2.27. The lowest BCUT2D eigenvalue weighted by molar-refractivity contribution is -0.127. The molecule has 1 unspecified atom stereocenters. The molecule has 1 N–H and O–H groups in total. The number of rotatable bonds is 2. The van der Waals surface area contributed by atoms with Crippen molar-refractivity contribution in [2.75, 3.05) is 6.61 Å². The number of carbonyl (C=O) groups excluding carboxylic acids is 1. The van der Waals surface area contributed by atoms with Gasteiger partial charge in [0.1, 0.15) is 12.4 Å². The molecule has 1 saturated carbocycles. The van der Waals surface area contributed by atoms with Gasteiger partial charge in [-0.25, -0.2) is 0 Å². The Balaban J connectivity index is 1.58. The molecule has 0 bridgehead atoms. The molecule has 3 rings (SSSR count). The topological polar surface area (TPSA) is 38.3 Å². The predicted octanol–water partition coefficient (Wildman–Crippen LogP) is 3.08. The van der Waals surface area contributed by atoms with E-state index < -0.39 is 0 Å². The summed E-state index contributed by atoms with van der Waals surface area (Å²) < 4.78 is 5.71. The second-order valence-corrected chi connectivity index (χ2v) is 6.02. The molecule has 2 aliphatic rings. The van der Waals surface area contributed by atoms with E-state index in [9.17, 15) is 4.79 Å². The van der Waals surface area contributed by atoms with Crippen molar-refractivity contribution in [2.24, 2.45) is 5.92 Å². The Morgan fingerprint density at radius 2 is 1.85 bits per heavy atom. The summed E-state index contributed by atoms with van der Waals surface area (Å²) in [7, 11) is 0. The number of carbonyl (C=O) groups is 1. The Morgan fingerprint density at radius 1 is 1.10 bits per heavy atom. The molecule has 3 nitrogen and oxygen atoms in total. The van der Waals surface area contributed by atoms with Crippen LogP contribution >= 0.6 is 0 Å². The van der Waals surface area contributed by atoms with Crippen molar-refractivity contribution in [3.8, 4) is 5.75 Å². The first kappa shape index (κ1) is 13.5. The number of ether oxygens (including phenoxy) is 1. The molecule has 0 radical (unpaired) electrons. The lowest BCUT2D eigenvalue weighted by Gasteiger charge is -2.26. The first-order valence-corrected chi connectivity index (χ1v) is 7.84. The standard InChI is InChI=1S/C17H23NO2/c19-17(18-15-8-3-1-2-4-9-15)14-11-13-7-5-6-10-16(13)20-12-14/h5-7,10,14-15H,1-4,8-9,11-12H2,(H,18,19). The van der Waals surface area contributed by atoms with Gasteiger partial charge >= 0.3 is 0 Å². The monoisotopic (exact) mass is 273 g/mol. The van der Waals surface area contributed by atoms with Crippen LogP contribution in [0.1, 0.15) is 44.1 Å². The lowest BCUT2D eigenvalue weighted by Crippen LogP contribution is -2.42. The summed E-state index contributed by atoms with van der Waals surface area (Å²) in [6, 6.07) is 8.40. The van der Waals surface area contributed by atoms with Crippen LogP contribution in [0.25, 0.3) is 0 Å². The minimum atomic E-state index is -0.0341. The van der Waals surface area contributed by atoms with E-state index in [0.29, 0.717) is 12.6 Å². The van der Waals surface area contributed by atoms with E-state index >= 15 is 0 Å². The number of fused-ring (bicyclic) bond motifs is 1. The zero-order valence-electron chi connectivity index (χ0n) is 11.9. The average Bonchev–Trinajstić information content (AvgIpc) is 2.75. The highest BCUT2D eigenvalue weighted by Gasteiger charge is 2.27. The fourth-order valence-corrected chi connectivity index (χ4v) is 3.24. The van der Waals surface area contributed by atoms with Gasteiger partial charge in [0.2, 0.25) is 5.91 Å². The Hall–Kier alpha value is -1.51. The van der Waals surface area contributed by atoms with Gasteiger partial charge in [-0.3, -0.25) is 4.79 Å². The van der Waals surface area contributed by atoms with Crippen molar-refractivity contribution < 1.29 is 9.53 Å². The summed E-state index contributed by atoms with van der Waals surface area (Å²) in [5.74, 6) is 1.07. The number of hydrogen-bond acceptors (Lipinski definition) is 2. The number of nitrogens with one attached hydrogen (secondary N) is 1. The van der Waals surface area contributed by atoms with Crippen LogP contribution < -0.4 is 10.1 Å². The summed E-state index contributed by atoms with van der Waals surface area (Å²) in [6.45, 7) is 0.509. The summed E-state index contributed by atoms with van der Waals surface area (Å²) >= 11 is 0. The summed E-state index contributed by atoms with van der Waals surface area (Å²) in [5.41, 5.74) is 1.15. The van der Waals surface area contributed by atoms with E-state index in [0.717, 1.165) is 30.6 Å². The maximum Gasteiger partial charge on any atom is 0.227 e. The van der Waals surface area contributed by atoms with Crippen LogP contribution in [0.5, 0.6) is 5.75 Å². The molecule has 1 aliphatic heterocycles. The second kappa shape index (κ2) is 6.29. The quantitative estimate of drug-likeness (QED) is 0.841. The molecule has 1 aliphatic carbocycles. The molecular weight excluding hydrogens is 250 g/mol. The lowest BCUT2D eigenvalue weighted by atomic mass is 9.95. The molecule has 0 spiro atoms. The van der Waals surface area contributed by atoms with Crippen molar-refractivity contribution in [3.63, 3.8) is 0 Å². The Morgan fingerprint density at radius 3 is 2.65 bits per heavy atom.